The lowest BCUT2D eigenvalue weighted by Crippen LogP contribution is -2.20. The van der Waals surface area contributed by atoms with Crippen molar-refractivity contribution in [2.45, 2.75) is 0 Å². The van der Waals surface area contributed by atoms with Crippen molar-refractivity contribution in [2.75, 3.05) is 19.5 Å². The molecule has 0 unspecified atom stereocenters. The van der Waals surface area contributed by atoms with Gasteiger partial charge in [0.2, 0.25) is 5.88 Å². The molecular formula is C26H20N4O5. The summed E-state index contributed by atoms with van der Waals surface area (Å²) in [6.07, 6.45) is 2.69. The number of para-hydroxylation sites is 4. The fraction of sp³-hybridized carbons (Fsp3) is 0.0769. The lowest BCUT2D eigenvalue weighted by atomic mass is 10.1. The fourth-order valence-corrected chi connectivity index (χ4v) is 3.32. The van der Waals surface area contributed by atoms with E-state index in [9.17, 15) is 14.9 Å². The highest BCUT2D eigenvalue weighted by Crippen LogP contribution is 2.32. The van der Waals surface area contributed by atoms with Gasteiger partial charge in [-0.15, -0.1) is 0 Å². The van der Waals surface area contributed by atoms with Crippen LogP contribution in [0.4, 0.5) is 5.69 Å². The quantitative estimate of drug-likeness (QED) is 0.321. The van der Waals surface area contributed by atoms with Crippen LogP contribution >= 0.6 is 0 Å². The Kier molecular flexibility index (Phi) is 6.74. The highest BCUT2D eigenvalue weighted by atomic mass is 16.5. The van der Waals surface area contributed by atoms with E-state index in [1.54, 1.807) is 66.7 Å². The van der Waals surface area contributed by atoms with E-state index in [4.69, 9.17) is 14.2 Å². The molecule has 0 aliphatic carbocycles. The third-order valence-corrected chi connectivity index (χ3v) is 5.02. The molecule has 0 radical (unpaired) electrons. The third-order valence-electron chi connectivity index (χ3n) is 5.02. The van der Waals surface area contributed by atoms with E-state index in [0.717, 1.165) is 6.08 Å². The predicted octanol–water partition coefficient (Wildman–Crippen LogP) is 4.05. The van der Waals surface area contributed by atoms with Crippen molar-refractivity contribution in [3.8, 4) is 29.2 Å². The first-order valence-electron chi connectivity index (χ1n) is 10.4. The first kappa shape index (κ1) is 23.1. The highest BCUT2D eigenvalue weighted by Gasteiger charge is 2.19. The maximum atomic E-state index is 13.3. The van der Waals surface area contributed by atoms with Crippen LogP contribution < -0.4 is 25.1 Å². The van der Waals surface area contributed by atoms with Crippen LogP contribution in [-0.2, 0) is 4.79 Å². The standard InChI is InChI=1S/C26H20N4O5/c1-33-20-10-4-3-9-19(20)28-24(31)17(16-27)15-18-25(35-22-12-6-5-11-21(22)34-2)29-23-13-7-8-14-30(23)26(18)32/h3-15H,1-2H3,(H,28,31)/b17-15-. The minimum absolute atomic E-state index is 0.0775. The van der Waals surface area contributed by atoms with Gasteiger partial charge in [0.1, 0.15) is 28.6 Å². The number of aromatic nitrogens is 2. The molecule has 4 rings (SSSR count). The van der Waals surface area contributed by atoms with Crippen LogP contribution in [0.2, 0.25) is 0 Å². The van der Waals surface area contributed by atoms with Crippen molar-refractivity contribution in [1.82, 2.24) is 9.38 Å². The van der Waals surface area contributed by atoms with E-state index in [0.29, 0.717) is 28.6 Å². The zero-order chi connectivity index (χ0) is 24.8. The molecule has 9 nitrogen and oxygen atoms in total. The number of nitriles is 1. The summed E-state index contributed by atoms with van der Waals surface area (Å²) >= 11 is 0. The number of hydrogen-bond acceptors (Lipinski definition) is 7. The summed E-state index contributed by atoms with van der Waals surface area (Å²) in [4.78, 5) is 30.7. The van der Waals surface area contributed by atoms with Gasteiger partial charge in [-0.25, -0.2) is 0 Å². The lowest BCUT2D eigenvalue weighted by Gasteiger charge is -2.13. The summed E-state index contributed by atoms with van der Waals surface area (Å²) in [5.41, 5.74) is -0.211. The lowest BCUT2D eigenvalue weighted by molar-refractivity contribution is -0.112. The van der Waals surface area contributed by atoms with Crippen LogP contribution in [0.25, 0.3) is 11.7 Å². The third kappa shape index (κ3) is 4.82. The molecule has 174 valence electrons. The number of carbonyl (C=O) groups excluding carboxylic acids is 1. The number of benzene rings is 2. The van der Waals surface area contributed by atoms with Crippen molar-refractivity contribution >= 4 is 23.3 Å². The molecule has 2 aromatic carbocycles. The molecule has 1 amide bonds. The first-order valence-corrected chi connectivity index (χ1v) is 10.4. The molecule has 0 bridgehead atoms. The average molecular weight is 468 g/mol. The van der Waals surface area contributed by atoms with Gasteiger partial charge in [0, 0.05) is 6.20 Å². The van der Waals surface area contributed by atoms with Crippen molar-refractivity contribution in [3.05, 3.63) is 94.4 Å². The number of fused-ring (bicyclic) bond motifs is 1. The molecule has 0 fully saturated rings. The number of nitrogens with one attached hydrogen (secondary N) is 1. The van der Waals surface area contributed by atoms with E-state index >= 15 is 0 Å². The fourth-order valence-electron chi connectivity index (χ4n) is 3.32. The average Bonchev–Trinajstić information content (AvgIpc) is 2.89. The van der Waals surface area contributed by atoms with Gasteiger partial charge >= 0.3 is 0 Å². The zero-order valence-corrected chi connectivity index (χ0v) is 18.9. The second-order valence-corrected chi connectivity index (χ2v) is 7.14. The minimum Gasteiger partial charge on any atom is -0.495 e. The predicted molar refractivity (Wildman–Crippen MR) is 130 cm³/mol. The van der Waals surface area contributed by atoms with Crippen LogP contribution in [0.3, 0.4) is 0 Å². The number of ether oxygens (including phenoxy) is 3. The molecule has 0 saturated carbocycles. The Morgan fingerprint density at radius 1 is 0.971 bits per heavy atom. The SMILES string of the molecule is COc1ccccc1NC(=O)/C(C#N)=C\c1c(Oc2ccccc2OC)nc2ccccn2c1=O. The molecule has 2 heterocycles. The van der Waals surface area contributed by atoms with E-state index in [-0.39, 0.29) is 17.0 Å². The number of nitrogens with zero attached hydrogens (tertiary/aromatic N) is 3. The van der Waals surface area contributed by atoms with Gasteiger partial charge in [-0.2, -0.15) is 10.2 Å². The van der Waals surface area contributed by atoms with Gasteiger partial charge in [0.05, 0.1) is 19.9 Å². The number of anilines is 1. The van der Waals surface area contributed by atoms with Gasteiger partial charge < -0.3 is 19.5 Å². The Bertz CT molecular complexity index is 1540. The summed E-state index contributed by atoms with van der Waals surface area (Å²) in [5.74, 6) is 0.354. The van der Waals surface area contributed by atoms with Gasteiger partial charge in [0.15, 0.2) is 11.5 Å². The number of rotatable bonds is 7. The molecule has 2 aromatic heterocycles. The van der Waals surface area contributed by atoms with Crippen LogP contribution in [-0.4, -0.2) is 29.5 Å². The summed E-state index contributed by atoms with van der Waals surface area (Å²) < 4.78 is 17.8. The number of methoxy groups -OCH3 is 2. The van der Waals surface area contributed by atoms with Crippen LogP contribution in [0.5, 0.6) is 23.1 Å². The molecule has 0 saturated heterocycles. The molecule has 0 spiro atoms. The monoisotopic (exact) mass is 468 g/mol. The van der Waals surface area contributed by atoms with Crippen LogP contribution in [0.15, 0.2) is 83.3 Å². The summed E-state index contributed by atoms with van der Waals surface area (Å²) in [5, 5.41) is 12.4. The van der Waals surface area contributed by atoms with Crippen molar-refractivity contribution in [1.29, 1.82) is 5.26 Å². The van der Waals surface area contributed by atoms with Crippen LogP contribution in [0.1, 0.15) is 5.56 Å². The Balaban J connectivity index is 1.82. The number of hydrogen-bond donors (Lipinski definition) is 1. The first-order chi connectivity index (χ1) is 17.0. The number of pyridine rings is 1. The molecule has 0 aliphatic rings. The molecule has 4 aromatic rings. The zero-order valence-electron chi connectivity index (χ0n) is 18.9. The molecule has 9 heteroatoms. The minimum atomic E-state index is -0.724. The van der Waals surface area contributed by atoms with Gasteiger partial charge in [0.25, 0.3) is 11.5 Å². The Morgan fingerprint density at radius 2 is 1.63 bits per heavy atom. The van der Waals surface area contributed by atoms with Gasteiger partial charge in [-0.1, -0.05) is 30.3 Å². The summed E-state index contributed by atoms with van der Waals surface area (Å²) in [6.45, 7) is 0. The molecule has 0 aliphatic heterocycles. The van der Waals surface area contributed by atoms with Gasteiger partial charge in [-0.3, -0.25) is 14.0 Å². The van der Waals surface area contributed by atoms with Crippen molar-refractivity contribution < 1.29 is 19.0 Å². The highest BCUT2D eigenvalue weighted by molar-refractivity contribution is 6.10. The van der Waals surface area contributed by atoms with E-state index in [1.165, 1.54) is 24.8 Å². The maximum absolute atomic E-state index is 13.3. The van der Waals surface area contributed by atoms with E-state index in [1.807, 2.05) is 6.07 Å². The smallest absolute Gasteiger partial charge is 0.269 e. The van der Waals surface area contributed by atoms with Crippen molar-refractivity contribution in [2.24, 2.45) is 0 Å². The van der Waals surface area contributed by atoms with E-state index in [2.05, 4.69) is 10.3 Å². The Morgan fingerprint density at radius 3 is 2.34 bits per heavy atom. The maximum Gasteiger partial charge on any atom is 0.269 e. The largest absolute Gasteiger partial charge is 0.495 e. The van der Waals surface area contributed by atoms with Gasteiger partial charge in [-0.05, 0) is 42.5 Å². The van der Waals surface area contributed by atoms with Crippen LogP contribution in [0, 0.1) is 11.3 Å². The second kappa shape index (κ2) is 10.2. The molecule has 35 heavy (non-hydrogen) atoms. The van der Waals surface area contributed by atoms with Crippen molar-refractivity contribution in [3.63, 3.8) is 0 Å². The molecular weight excluding hydrogens is 448 g/mol. The second-order valence-electron chi connectivity index (χ2n) is 7.14. The topological polar surface area (TPSA) is 115 Å². The summed E-state index contributed by atoms with van der Waals surface area (Å²) in [7, 11) is 2.96. The molecule has 1 N–H and O–H groups in total. The molecule has 0 atom stereocenters. The Labute approximate surface area is 200 Å². The number of carbonyl (C=O) groups is 1. The number of amides is 1. The normalized spacial score (nSPS) is 10.9. The summed E-state index contributed by atoms with van der Waals surface area (Å²) in [6, 6.07) is 20.5. The Hall–Kier alpha value is -5.10. The van der Waals surface area contributed by atoms with E-state index < -0.39 is 11.5 Å².